The van der Waals surface area contributed by atoms with E-state index in [9.17, 15) is 4.79 Å². The maximum Gasteiger partial charge on any atom is 0.317 e. The first-order valence-electron chi connectivity index (χ1n) is 6.44. The van der Waals surface area contributed by atoms with Crippen molar-refractivity contribution >= 4 is 5.97 Å². The van der Waals surface area contributed by atoms with Crippen LogP contribution in [0.2, 0.25) is 0 Å². The molecule has 1 aliphatic rings. The van der Waals surface area contributed by atoms with Crippen LogP contribution in [0.3, 0.4) is 0 Å². The Hall–Kier alpha value is -0.610. The van der Waals surface area contributed by atoms with Crippen molar-refractivity contribution in [1.29, 1.82) is 0 Å². The van der Waals surface area contributed by atoms with Crippen LogP contribution in [-0.2, 0) is 9.53 Å². The van der Waals surface area contributed by atoms with E-state index < -0.39 is 5.97 Å². The minimum atomic E-state index is -0.750. The van der Waals surface area contributed by atoms with Crippen molar-refractivity contribution in [3.8, 4) is 0 Å². The van der Waals surface area contributed by atoms with Gasteiger partial charge in [0, 0.05) is 18.2 Å². The van der Waals surface area contributed by atoms with Crippen LogP contribution < -0.4 is 0 Å². The van der Waals surface area contributed by atoms with Crippen LogP contribution in [0, 0.1) is 0 Å². The maximum absolute atomic E-state index is 11.0. The second-order valence-electron chi connectivity index (χ2n) is 5.77. The molecule has 1 rings (SSSR count). The zero-order valence-electron chi connectivity index (χ0n) is 11.4. The van der Waals surface area contributed by atoms with Crippen LogP contribution in [0.5, 0.6) is 0 Å². The highest BCUT2D eigenvalue weighted by Crippen LogP contribution is 2.26. The van der Waals surface area contributed by atoms with Crippen molar-refractivity contribution in [2.45, 2.75) is 64.6 Å². The Kier molecular flexibility index (Phi) is 4.95. The summed E-state index contributed by atoms with van der Waals surface area (Å²) in [6, 6.07) is 0.324. The quantitative estimate of drug-likeness (QED) is 0.821. The number of hydrogen-bond donors (Lipinski definition) is 1. The molecule has 1 aliphatic heterocycles. The molecule has 2 unspecified atom stereocenters. The molecule has 0 radical (unpaired) electrons. The lowest BCUT2D eigenvalue weighted by atomic mass is 9.94. The standard InChI is InChI=1S/C13H25NO3/c1-5-11-8-10(6-7-17-11)14(9-12(15)16)13(2,3)4/h10-11H,5-9H2,1-4H3,(H,15,16). The minimum absolute atomic E-state index is 0.112. The summed E-state index contributed by atoms with van der Waals surface area (Å²) in [5.74, 6) is -0.750. The van der Waals surface area contributed by atoms with Gasteiger partial charge in [-0.2, -0.15) is 0 Å². The van der Waals surface area contributed by atoms with Gasteiger partial charge in [-0.05, 0) is 40.0 Å². The highest BCUT2D eigenvalue weighted by Gasteiger charge is 2.33. The smallest absolute Gasteiger partial charge is 0.317 e. The third-order valence-corrected chi connectivity index (χ3v) is 3.40. The summed E-state index contributed by atoms with van der Waals surface area (Å²) < 4.78 is 5.65. The molecule has 0 aromatic rings. The Balaban J connectivity index is 2.72. The summed E-state index contributed by atoms with van der Waals surface area (Å²) in [5.41, 5.74) is -0.112. The van der Waals surface area contributed by atoms with Crippen molar-refractivity contribution in [3.63, 3.8) is 0 Å². The first-order chi connectivity index (χ1) is 7.84. The fourth-order valence-electron chi connectivity index (χ4n) is 2.49. The number of rotatable bonds is 4. The molecule has 2 atom stereocenters. The highest BCUT2D eigenvalue weighted by molar-refractivity contribution is 5.69. The Morgan fingerprint density at radius 3 is 2.59 bits per heavy atom. The van der Waals surface area contributed by atoms with Crippen LogP contribution in [-0.4, -0.2) is 46.8 Å². The van der Waals surface area contributed by atoms with Gasteiger partial charge in [0.25, 0.3) is 0 Å². The van der Waals surface area contributed by atoms with Crippen LogP contribution in [0.25, 0.3) is 0 Å². The van der Waals surface area contributed by atoms with Gasteiger partial charge in [0.05, 0.1) is 12.6 Å². The van der Waals surface area contributed by atoms with Gasteiger partial charge in [-0.3, -0.25) is 9.69 Å². The van der Waals surface area contributed by atoms with Gasteiger partial charge in [0.1, 0.15) is 0 Å². The molecular weight excluding hydrogens is 218 g/mol. The summed E-state index contributed by atoms with van der Waals surface area (Å²) in [7, 11) is 0. The van der Waals surface area contributed by atoms with E-state index in [2.05, 4.69) is 32.6 Å². The van der Waals surface area contributed by atoms with E-state index in [-0.39, 0.29) is 18.2 Å². The van der Waals surface area contributed by atoms with Crippen molar-refractivity contribution < 1.29 is 14.6 Å². The van der Waals surface area contributed by atoms with Gasteiger partial charge >= 0.3 is 5.97 Å². The summed E-state index contributed by atoms with van der Waals surface area (Å²) in [4.78, 5) is 13.1. The number of ether oxygens (including phenoxy) is 1. The van der Waals surface area contributed by atoms with E-state index in [0.717, 1.165) is 25.9 Å². The molecule has 0 amide bonds. The Labute approximate surface area is 104 Å². The van der Waals surface area contributed by atoms with Gasteiger partial charge in [0.2, 0.25) is 0 Å². The zero-order chi connectivity index (χ0) is 13.1. The second kappa shape index (κ2) is 5.83. The van der Waals surface area contributed by atoms with Crippen molar-refractivity contribution in [2.24, 2.45) is 0 Å². The summed E-state index contributed by atoms with van der Waals surface area (Å²) in [6.45, 7) is 9.21. The fraction of sp³-hybridized carbons (Fsp3) is 0.923. The largest absolute Gasteiger partial charge is 0.480 e. The Bertz CT molecular complexity index is 260. The highest BCUT2D eigenvalue weighted by atomic mass is 16.5. The molecule has 1 heterocycles. The van der Waals surface area contributed by atoms with E-state index in [0.29, 0.717) is 6.04 Å². The predicted octanol–water partition coefficient (Wildman–Crippen LogP) is 2.13. The average molecular weight is 243 g/mol. The molecule has 0 saturated carbocycles. The van der Waals surface area contributed by atoms with Gasteiger partial charge in [-0.25, -0.2) is 0 Å². The van der Waals surface area contributed by atoms with E-state index in [4.69, 9.17) is 9.84 Å². The van der Waals surface area contributed by atoms with Gasteiger partial charge in [-0.1, -0.05) is 6.92 Å². The van der Waals surface area contributed by atoms with Crippen LogP contribution in [0.4, 0.5) is 0 Å². The van der Waals surface area contributed by atoms with Crippen molar-refractivity contribution in [1.82, 2.24) is 4.90 Å². The first kappa shape index (κ1) is 14.5. The fourth-order valence-corrected chi connectivity index (χ4v) is 2.49. The lowest BCUT2D eigenvalue weighted by Gasteiger charge is -2.44. The van der Waals surface area contributed by atoms with Crippen LogP contribution >= 0.6 is 0 Å². The number of carbonyl (C=O) groups is 1. The maximum atomic E-state index is 11.0. The summed E-state index contributed by atoms with van der Waals surface area (Å²) >= 11 is 0. The van der Waals surface area contributed by atoms with Crippen LogP contribution in [0.1, 0.15) is 47.0 Å². The second-order valence-corrected chi connectivity index (χ2v) is 5.77. The first-order valence-corrected chi connectivity index (χ1v) is 6.44. The zero-order valence-corrected chi connectivity index (χ0v) is 11.4. The Morgan fingerprint density at radius 2 is 2.12 bits per heavy atom. The van der Waals surface area contributed by atoms with Crippen molar-refractivity contribution in [3.05, 3.63) is 0 Å². The van der Waals surface area contributed by atoms with Gasteiger partial charge in [-0.15, -0.1) is 0 Å². The molecule has 1 N–H and O–H groups in total. The molecule has 1 saturated heterocycles. The number of nitrogens with zero attached hydrogens (tertiary/aromatic N) is 1. The van der Waals surface area contributed by atoms with E-state index >= 15 is 0 Å². The van der Waals surface area contributed by atoms with E-state index in [1.54, 1.807) is 0 Å². The normalized spacial score (nSPS) is 26.2. The molecule has 4 nitrogen and oxygen atoms in total. The molecule has 17 heavy (non-hydrogen) atoms. The number of carboxylic acids is 1. The van der Waals surface area contributed by atoms with E-state index in [1.807, 2.05) is 0 Å². The minimum Gasteiger partial charge on any atom is -0.480 e. The number of aliphatic carboxylic acids is 1. The monoisotopic (exact) mass is 243 g/mol. The molecule has 1 fully saturated rings. The van der Waals surface area contributed by atoms with Gasteiger partial charge < -0.3 is 9.84 Å². The van der Waals surface area contributed by atoms with Crippen molar-refractivity contribution in [2.75, 3.05) is 13.2 Å². The molecule has 0 aromatic carbocycles. The molecule has 0 spiro atoms. The van der Waals surface area contributed by atoms with Gasteiger partial charge in [0.15, 0.2) is 0 Å². The topological polar surface area (TPSA) is 49.8 Å². The SMILES string of the molecule is CCC1CC(N(CC(=O)O)C(C)(C)C)CCO1. The molecule has 4 heteroatoms. The summed E-state index contributed by atoms with van der Waals surface area (Å²) in [5, 5.41) is 9.03. The lowest BCUT2D eigenvalue weighted by Crippen LogP contribution is -2.53. The molecule has 0 aliphatic carbocycles. The molecule has 0 bridgehead atoms. The number of carboxylic acid groups (broad SMARTS) is 1. The summed E-state index contributed by atoms with van der Waals surface area (Å²) in [6.07, 6.45) is 3.16. The average Bonchev–Trinajstić information content (AvgIpc) is 2.24. The van der Waals surface area contributed by atoms with Crippen LogP contribution in [0.15, 0.2) is 0 Å². The molecule has 100 valence electrons. The third-order valence-electron chi connectivity index (χ3n) is 3.40. The molecule has 0 aromatic heterocycles. The lowest BCUT2D eigenvalue weighted by molar-refractivity contribution is -0.142. The third kappa shape index (κ3) is 4.28. The van der Waals surface area contributed by atoms with E-state index in [1.165, 1.54) is 0 Å². The Morgan fingerprint density at radius 1 is 1.47 bits per heavy atom. The molecular formula is C13H25NO3. The predicted molar refractivity (Wildman–Crippen MR) is 67.1 cm³/mol. The number of hydrogen-bond acceptors (Lipinski definition) is 3.